The van der Waals surface area contributed by atoms with Crippen molar-refractivity contribution in [2.75, 3.05) is 0 Å². The molecule has 2 rings (SSSR count). The van der Waals surface area contributed by atoms with E-state index in [1.54, 1.807) is 12.1 Å². The van der Waals surface area contributed by atoms with Crippen molar-refractivity contribution >= 4 is 5.97 Å². The third kappa shape index (κ3) is 3.13. The van der Waals surface area contributed by atoms with E-state index in [-0.39, 0.29) is 30.5 Å². The lowest BCUT2D eigenvalue weighted by Crippen LogP contribution is -2.46. The third-order valence-corrected chi connectivity index (χ3v) is 3.27. The van der Waals surface area contributed by atoms with E-state index in [2.05, 4.69) is 0 Å². The average molecular weight is 266 g/mol. The summed E-state index contributed by atoms with van der Waals surface area (Å²) in [5, 5.41) is 10.3. The summed E-state index contributed by atoms with van der Waals surface area (Å²) in [4.78, 5) is 11.8. The molecule has 19 heavy (non-hydrogen) atoms. The molecule has 1 fully saturated rings. The number of halogens is 1. The van der Waals surface area contributed by atoms with Crippen LogP contribution in [-0.2, 0) is 15.1 Å². The van der Waals surface area contributed by atoms with Gasteiger partial charge in [0.05, 0.1) is 11.5 Å². The summed E-state index contributed by atoms with van der Waals surface area (Å²) in [5.41, 5.74) is -1.11. The van der Waals surface area contributed by atoms with Crippen molar-refractivity contribution in [3.8, 4) is 0 Å². The maximum absolute atomic E-state index is 13.1. The van der Waals surface area contributed by atoms with Crippen LogP contribution in [0.1, 0.15) is 39.2 Å². The van der Waals surface area contributed by atoms with Crippen LogP contribution in [0, 0.1) is 11.7 Å². The zero-order valence-corrected chi connectivity index (χ0v) is 11.4. The van der Waals surface area contributed by atoms with Crippen molar-refractivity contribution < 1.29 is 19.0 Å². The molecule has 104 valence electrons. The van der Waals surface area contributed by atoms with Crippen LogP contribution in [0.4, 0.5) is 4.39 Å². The molecule has 1 aromatic rings. The van der Waals surface area contributed by atoms with Gasteiger partial charge in [-0.25, -0.2) is 4.39 Å². The predicted molar refractivity (Wildman–Crippen MR) is 68.9 cm³/mol. The van der Waals surface area contributed by atoms with Crippen LogP contribution in [0.3, 0.4) is 0 Å². The maximum atomic E-state index is 13.1. The van der Waals surface area contributed by atoms with Gasteiger partial charge >= 0.3 is 5.97 Å². The van der Waals surface area contributed by atoms with E-state index in [0.29, 0.717) is 5.56 Å². The molecular formula is C15H19FO3. The lowest BCUT2D eigenvalue weighted by atomic mass is 9.67. The molecule has 0 heterocycles. The second-order valence-electron chi connectivity index (χ2n) is 6.18. The Bertz CT molecular complexity index is 484. The molecule has 0 aliphatic heterocycles. The predicted octanol–water partition coefficient (Wildman–Crippen LogP) is 2.77. The van der Waals surface area contributed by atoms with E-state index in [1.807, 2.05) is 20.8 Å². The molecular weight excluding hydrogens is 247 g/mol. The molecule has 1 aromatic carbocycles. The van der Waals surface area contributed by atoms with Crippen molar-refractivity contribution in [1.29, 1.82) is 0 Å². The topological polar surface area (TPSA) is 46.5 Å². The van der Waals surface area contributed by atoms with Gasteiger partial charge in [0.2, 0.25) is 0 Å². The fourth-order valence-electron chi connectivity index (χ4n) is 2.32. The minimum Gasteiger partial charge on any atom is -0.460 e. The van der Waals surface area contributed by atoms with Gasteiger partial charge in [-0.1, -0.05) is 12.1 Å². The molecule has 1 aliphatic rings. The van der Waals surface area contributed by atoms with Crippen LogP contribution in [0.2, 0.25) is 0 Å². The van der Waals surface area contributed by atoms with E-state index in [1.165, 1.54) is 12.1 Å². The Morgan fingerprint density at radius 2 is 2.05 bits per heavy atom. The molecule has 0 spiro atoms. The molecule has 0 radical (unpaired) electrons. The number of carbonyl (C=O) groups excluding carboxylic acids is 1. The highest BCUT2D eigenvalue weighted by molar-refractivity contribution is 5.74. The summed E-state index contributed by atoms with van der Waals surface area (Å²) in [7, 11) is 0. The zero-order chi connectivity index (χ0) is 14.3. The van der Waals surface area contributed by atoms with Gasteiger partial charge in [0, 0.05) is 0 Å². The number of aliphatic hydroxyl groups is 1. The lowest BCUT2D eigenvalue weighted by Gasteiger charge is -2.43. The largest absolute Gasteiger partial charge is 0.460 e. The van der Waals surface area contributed by atoms with E-state index >= 15 is 0 Å². The first kappa shape index (κ1) is 14.0. The second kappa shape index (κ2) is 4.60. The maximum Gasteiger partial charge on any atom is 0.309 e. The van der Waals surface area contributed by atoms with Crippen LogP contribution >= 0.6 is 0 Å². The molecule has 4 heteroatoms. The molecule has 0 bridgehead atoms. The van der Waals surface area contributed by atoms with Crippen LogP contribution < -0.4 is 0 Å². The fraction of sp³-hybridized carbons (Fsp3) is 0.533. The van der Waals surface area contributed by atoms with E-state index in [0.717, 1.165) is 0 Å². The SMILES string of the molecule is CC(C)(C)OC(=O)C1CC(O)(c2cccc(F)c2)C1. The minimum atomic E-state index is -1.11. The first-order chi connectivity index (χ1) is 8.70. The summed E-state index contributed by atoms with van der Waals surface area (Å²) in [6.45, 7) is 5.42. The number of rotatable bonds is 2. The minimum absolute atomic E-state index is 0.283. The van der Waals surface area contributed by atoms with Crippen molar-refractivity contribution in [3.05, 3.63) is 35.6 Å². The highest BCUT2D eigenvalue weighted by atomic mass is 19.1. The Kier molecular flexibility index (Phi) is 3.39. The molecule has 0 unspecified atom stereocenters. The Morgan fingerprint density at radius 3 is 2.58 bits per heavy atom. The van der Waals surface area contributed by atoms with Crippen LogP contribution in [-0.4, -0.2) is 16.7 Å². The van der Waals surface area contributed by atoms with Gasteiger partial charge in [-0.3, -0.25) is 4.79 Å². The highest BCUT2D eigenvalue weighted by Crippen LogP contribution is 2.46. The fourth-order valence-corrected chi connectivity index (χ4v) is 2.32. The Morgan fingerprint density at radius 1 is 1.42 bits per heavy atom. The zero-order valence-electron chi connectivity index (χ0n) is 11.4. The van der Waals surface area contributed by atoms with E-state index in [9.17, 15) is 14.3 Å². The molecule has 0 aromatic heterocycles. The van der Waals surface area contributed by atoms with Crippen LogP contribution in [0.5, 0.6) is 0 Å². The van der Waals surface area contributed by atoms with Gasteiger partial charge in [-0.05, 0) is 51.3 Å². The summed E-state index contributed by atoms with van der Waals surface area (Å²) < 4.78 is 18.4. The van der Waals surface area contributed by atoms with Crippen LogP contribution in [0.25, 0.3) is 0 Å². The number of ether oxygens (including phenoxy) is 1. The van der Waals surface area contributed by atoms with Gasteiger partial charge in [0.25, 0.3) is 0 Å². The number of benzene rings is 1. The number of esters is 1. The quantitative estimate of drug-likeness (QED) is 0.837. The second-order valence-corrected chi connectivity index (χ2v) is 6.18. The van der Waals surface area contributed by atoms with Crippen molar-refractivity contribution in [1.82, 2.24) is 0 Å². The Hall–Kier alpha value is -1.42. The molecule has 1 aliphatic carbocycles. The standard InChI is InChI=1S/C15H19FO3/c1-14(2,3)19-13(17)10-8-15(18,9-10)11-5-4-6-12(16)7-11/h4-7,10,18H,8-9H2,1-3H3. The van der Waals surface area contributed by atoms with Crippen molar-refractivity contribution in [2.45, 2.75) is 44.8 Å². The Labute approximate surface area is 112 Å². The Balaban J connectivity index is 2.00. The summed E-state index contributed by atoms with van der Waals surface area (Å²) in [5.74, 6) is -0.993. The summed E-state index contributed by atoms with van der Waals surface area (Å²) >= 11 is 0. The molecule has 1 N–H and O–H groups in total. The van der Waals surface area contributed by atoms with Crippen molar-refractivity contribution in [2.24, 2.45) is 5.92 Å². The first-order valence-electron chi connectivity index (χ1n) is 6.41. The highest BCUT2D eigenvalue weighted by Gasteiger charge is 2.48. The van der Waals surface area contributed by atoms with E-state index < -0.39 is 11.2 Å². The monoisotopic (exact) mass is 266 g/mol. The summed E-state index contributed by atoms with van der Waals surface area (Å²) in [6, 6.07) is 5.88. The molecule has 0 saturated heterocycles. The average Bonchev–Trinajstić information content (AvgIpc) is 2.22. The van der Waals surface area contributed by atoms with Gasteiger partial charge < -0.3 is 9.84 Å². The van der Waals surface area contributed by atoms with Gasteiger partial charge in [0.15, 0.2) is 0 Å². The number of hydrogen-bond donors (Lipinski definition) is 1. The molecule has 1 saturated carbocycles. The van der Waals surface area contributed by atoms with Crippen molar-refractivity contribution in [3.63, 3.8) is 0 Å². The van der Waals surface area contributed by atoms with Gasteiger partial charge in [-0.2, -0.15) is 0 Å². The van der Waals surface area contributed by atoms with Gasteiger partial charge in [-0.15, -0.1) is 0 Å². The third-order valence-electron chi connectivity index (χ3n) is 3.27. The summed E-state index contributed by atoms with van der Waals surface area (Å²) in [6.07, 6.45) is 0.566. The van der Waals surface area contributed by atoms with E-state index in [4.69, 9.17) is 4.74 Å². The van der Waals surface area contributed by atoms with Gasteiger partial charge in [0.1, 0.15) is 11.4 Å². The van der Waals surface area contributed by atoms with Crippen LogP contribution in [0.15, 0.2) is 24.3 Å². The normalized spacial score (nSPS) is 26.7. The number of carbonyl (C=O) groups is 1. The first-order valence-corrected chi connectivity index (χ1v) is 6.41. The number of hydrogen-bond acceptors (Lipinski definition) is 3. The molecule has 3 nitrogen and oxygen atoms in total. The smallest absolute Gasteiger partial charge is 0.309 e. The molecule has 0 atom stereocenters. The lowest BCUT2D eigenvalue weighted by molar-refractivity contribution is -0.176. The molecule has 0 amide bonds.